The lowest BCUT2D eigenvalue weighted by Crippen LogP contribution is -2.37. The van der Waals surface area contributed by atoms with Crippen LogP contribution in [0.15, 0.2) is 24.3 Å². The van der Waals surface area contributed by atoms with Gasteiger partial charge in [-0.1, -0.05) is 0 Å². The first-order valence-corrected chi connectivity index (χ1v) is 5.41. The van der Waals surface area contributed by atoms with E-state index in [0.717, 1.165) is 0 Å². The van der Waals surface area contributed by atoms with E-state index in [4.69, 9.17) is 5.73 Å². The second-order valence-electron chi connectivity index (χ2n) is 4.45. The topological polar surface area (TPSA) is 64.4 Å². The summed E-state index contributed by atoms with van der Waals surface area (Å²) >= 11 is 0. The van der Waals surface area contributed by atoms with E-state index in [9.17, 15) is 13.6 Å². The maximum absolute atomic E-state index is 11.9. The largest absolute Gasteiger partial charge is 0.435 e. The minimum absolute atomic E-state index is 0. The van der Waals surface area contributed by atoms with Crippen molar-refractivity contribution < 1.29 is 18.3 Å². The third kappa shape index (κ3) is 5.40. The number of carbonyl (C=O) groups is 1. The lowest BCUT2D eigenvalue weighted by Gasteiger charge is -2.21. The average Bonchev–Trinajstić information content (AvgIpc) is 2.31. The monoisotopic (exact) mass is 294 g/mol. The molecular formula is C12H17ClF2N2O2. The van der Waals surface area contributed by atoms with Crippen molar-refractivity contribution in [3.05, 3.63) is 24.3 Å². The molecule has 0 saturated heterocycles. The Morgan fingerprint density at radius 2 is 1.89 bits per heavy atom. The number of amides is 1. The molecule has 0 aliphatic heterocycles. The first-order chi connectivity index (χ1) is 8.35. The van der Waals surface area contributed by atoms with Crippen LogP contribution < -0.4 is 15.8 Å². The Kier molecular flexibility index (Phi) is 6.72. The highest BCUT2D eigenvalue weighted by molar-refractivity contribution is 5.95. The van der Waals surface area contributed by atoms with E-state index in [0.29, 0.717) is 5.69 Å². The van der Waals surface area contributed by atoms with E-state index in [1.807, 2.05) is 0 Å². The molecule has 0 saturated carbocycles. The molecule has 19 heavy (non-hydrogen) atoms. The van der Waals surface area contributed by atoms with Gasteiger partial charge in [-0.05, 0) is 38.1 Å². The van der Waals surface area contributed by atoms with Crippen molar-refractivity contribution in [3.63, 3.8) is 0 Å². The molecule has 0 heterocycles. The summed E-state index contributed by atoms with van der Waals surface area (Å²) in [5, 5.41) is 2.65. The van der Waals surface area contributed by atoms with Crippen molar-refractivity contribution in [2.24, 2.45) is 11.1 Å². The van der Waals surface area contributed by atoms with Crippen molar-refractivity contribution >= 4 is 24.0 Å². The third-order valence-corrected chi connectivity index (χ3v) is 2.46. The number of nitrogens with two attached hydrogens (primary N) is 1. The Hall–Kier alpha value is -1.40. The van der Waals surface area contributed by atoms with Gasteiger partial charge in [-0.2, -0.15) is 8.78 Å². The number of hydrogen-bond donors (Lipinski definition) is 2. The predicted octanol–water partition coefficient (Wildman–Crippen LogP) is 2.63. The molecule has 0 fully saturated rings. The molecule has 4 nitrogen and oxygen atoms in total. The summed E-state index contributed by atoms with van der Waals surface area (Å²) in [5.41, 5.74) is 5.30. The molecule has 0 bridgehead atoms. The van der Waals surface area contributed by atoms with Gasteiger partial charge in [0.1, 0.15) is 5.75 Å². The number of hydrogen-bond acceptors (Lipinski definition) is 3. The highest BCUT2D eigenvalue weighted by atomic mass is 35.5. The summed E-state index contributed by atoms with van der Waals surface area (Å²) in [7, 11) is 0. The molecule has 0 radical (unpaired) electrons. The van der Waals surface area contributed by atoms with E-state index >= 15 is 0 Å². The van der Waals surface area contributed by atoms with Crippen molar-refractivity contribution in [2.75, 3.05) is 11.9 Å². The zero-order valence-electron chi connectivity index (χ0n) is 10.7. The quantitative estimate of drug-likeness (QED) is 0.877. The number of benzene rings is 1. The maximum Gasteiger partial charge on any atom is 0.387 e. The summed E-state index contributed by atoms with van der Waals surface area (Å²) in [4.78, 5) is 11.8. The fourth-order valence-electron chi connectivity index (χ4n) is 1.11. The lowest BCUT2D eigenvalue weighted by molar-refractivity contribution is -0.123. The number of alkyl halides is 2. The van der Waals surface area contributed by atoms with Crippen LogP contribution in [0.1, 0.15) is 13.8 Å². The first-order valence-electron chi connectivity index (χ1n) is 5.41. The van der Waals surface area contributed by atoms with Crippen LogP contribution in [0.5, 0.6) is 5.75 Å². The highest BCUT2D eigenvalue weighted by Crippen LogP contribution is 2.20. The summed E-state index contributed by atoms with van der Waals surface area (Å²) in [6.45, 7) is 0.792. The van der Waals surface area contributed by atoms with Gasteiger partial charge in [-0.15, -0.1) is 12.4 Å². The molecule has 0 unspecified atom stereocenters. The van der Waals surface area contributed by atoms with Gasteiger partial charge < -0.3 is 15.8 Å². The zero-order valence-corrected chi connectivity index (χ0v) is 11.5. The Bertz CT molecular complexity index is 411. The second kappa shape index (κ2) is 7.25. The standard InChI is InChI=1S/C12H16F2N2O2.ClH/c1-12(2,7-15)10(17)16-8-3-5-9(6-4-8)18-11(13)14;/h3-6,11H,7,15H2,1-2H3,(H,16,17);1H. The van der Waals surface area contributed by atoms with Gasteiger partial charge in [0.2, 0.25) is 5.91 Å². The Morgan fingerprint density at radius 1 is 1.37 bits per heavy atom. The van der Waals surface area contributed by atoms with Gasteiger partial charge in [-0.3, -0.25) is 4.79 Å². The Balaban J connectivity index is 0.00000324. The number of halogens is 3. The predicted molar refractivity (Wildman–Crippen MR) is 71.8 cm³/mol. The number of anilines is 1. The second-order valence-corrected chi connectivity index (χ2v) is 4.45. The van der Waals surface area contributed by atoms with Gasteiger partial charge in [0.25, 0.3) is 0 Å². The molecule has 108 valence electrons. The van der Waals surface area contributed by atoms with Crippen LogP contribution in [0.4, 0.5) is 14.5 Å². The first kappa shape index (κ1) is 17.6. The van der Waals surface area contributed by atoms with Gasteiger partial charge in [0.15, 0.2) is 0 Å². The van der Waals surface area contributed by atoms with E-state index < -0.39 is 12.0 Å². The summed E-state index contributed by atoms with van der Waals surface area (Å²) in [6, 6.07) is 5.69. The zero-order chi connectivity index (χ0) is 13.8. The smallest absolute Gasteiger partial charge is 0.387 e. The average molecular weight is 295 g/mol. The number of carbonyl (C=O) groups excluding carboxylic acids is 1. The molecule has 0 spiro atoms. The molecule has 0 aliphatic rings. The summed E-state index contributed by atoms with van der Waals surface area (Å²) in [5.74, 6) is -0.186. The SMILES string of the molecule is CC(C)(CN)C(=O)Nc1ccc(OC(F)F)cc1.Cl. The van der Waals surface area contributed by atoms with Crippen LogP contribution >= 0.6 is 12.4 Å². The maximum atomic E-state index is 11.9. The van der Waals surface area contributed by atoms with E-state index in [1.165, 1.54) is 24.3 Å². The van der Waals surface area contributed by atoms with Crippen LogP contribution in [0.3, 0.4) is 0 Å². The lowest BCUT2D eigenvalue weighted by atomic mass is 9.92. The van der Waals surface area contributed by atoms with Crippen molar-refractivity contribution in [1.29, 1.82) is 0 Å². The number of nitrogens with one attached hydrogen (secondary N) is 1. The fourth-order valence-corrected chi connectivity index (χ4v) is 1.11. The number of rotatable bonds is 5. The van der Waals surface area contributed by atoms with Gasteiger partial charge in [0.05, 0.1) is 5.41 Å². The van der Waals surface area contributed by atoms with Crippen molar-refractivity contribution in [1.82, 2.24) is 0 Å². The van der Waals surface area contributed by atoms with E-state index in [2.05, 4.69) is 10.1 Å². The van der Waals surface area contributed by atoms with Crippen molar-refractivity contribution in [2.45, 2.75) is 20.5 Å². The molecule has 0 aromatic heterocycles. The summed E-state index contributed by atoms with van der Waals surface area (Å²) < 4.78 is 28.1. The molecule has 7 heteroatoms. The van der Waals surface area contributed by atoms with Crippen LogP contribution in [-0.4, -0.2) is 19.1 Å². The van der Waals surface area contributed by atoms with Crippen LogP contribution in [0, 0.1) is 5.41 Å². The van der Waals surface area contributed by atoms with Gasteiger partial charge in [0, 0.05) is 12.2 Å². The highest BCUT2D eigenvalue weighted by Gasteiger charge is 2.25. The molecule has 0 aliphatic carbocycles. The Morgan fingerprint density at radius 3 is 2.32 bits per heavy atom. The minimum Gasteiger partial charge on any atom is -0.435 e. The molecule has 1 rings (SSSR count). The Labute approximate surface area is 116 Å². The molecule has 3 N–H and O–H groups in total. The minimum atomic E-state index is -2.86. The van der Waals surface area contributed by atoms with Gasteiger partial charge in [-0.25, -0.2) is 0 Å². The van der Waals surface area contributed by atoms with E-state index in [-0.39, 0.29) is 30.6 Å². The van der Waals surface area contributed by atoms with Crippen LogP contribution in [0.2, 0.25) is 0 Å². The summed E-state index contributed by atoms with van der Waals surface area (Å²) in [6.07, 6.45) is 0. The molecular weight excluding hydrogens is 278 g/mol. The van der Waals surface area contributed by atoms with Gasteiger partial charge >= 0.3 is 6.61 Å². The third-order valence-electron chi connectivity index (χ3n) is 2.46. The molecule has 1 aromatic carbocycles. The normalized spacial score (nSPS) is 10.8. The van der Waals surface area contributed by atoms with Crippen molar-refractivity contribution in [3.8, 4) is 5.75 Å². The van der Waals surface area contributed by atoms with Crippen LogP contribution in [0.25, 0.3) is 0 Å². The van der Waals surface area contributed by atoms with Crippen LogP contribution in [-0.2, 0) is 4.79 Å². The molecule has 1 amide bonds. The molecule has 1 aromatic rings. The fraction of sp³-hybridized carbons (Fsp3) is 0.417. The van der Waals surface area contributed by atoms with E-state index in [1.54, 1.807) is 13.8 Å². The number of ether oxygens (including phenoxy) is 1. The molecule has 0 atom stereocenters.